The molecule has 1 aliphatic heterocycles. The summed E-state index contributed by atoms with van der Waals surface area (Å²) in [5.41, 5.74) is -0.835. The van der Waals surface area contributed by atoms with Gasteiger partial charge in [-0.15, -0.1) is 6.58 Å². The first-order valence-electron chi connectivity index (χ1n) is 5.60. The number of amides is 1. The molecule has 0 radical (unpaired) electrons. The van der Waals surface area contributed by atoms with E-state index in [1.165, 1.54) is 4.90 Å². The van der Waals surface area contributed by atoms with Gasteiger partial charge in [0.2, 0.25) is 0 Å². The van der Waals surface area contributed by atoms with E-state index in [1.807, 2.05) is 32.0 Å². The maximum Gasteiger partial charge on any atom is 0.264 e. The molecule has 1 aromatic rings. The minimum absolute atomic E-state index is 0.302. The fourth-order valence-electron chi connectivity index (χ4n) is 2.31. The average Bonchev–Trinajstić information content (AvgIpc) is 2.54. The van der Waals surface area contributed by atoms with Gasteiger partial charge in [0.1, 0.15) is 0 Å². The van der Waals surface area contributed by atoms with Crippen LogP contribution in [0.5, 0.6) is 0 Å². The van der Waals surface area contributed by atoms with Gasteiger partial charge < -0.3 is 10.0 Å². The van der Waals surface area contributed by atoms with E-state index in [0.29, 0.717) is 5.56 Å². The van der Waals surface area contributed by atoms with E-state index in [1.54, 1.807) is 19.2 Å². The summed E-state index contributed by atoms with van der Waals surface area (Å²) in [5.74, 6) is -0.302. The van der Waals surface area contributed by atoms with E-state index in [2.05, 4.69) is 6.58 Å². The number of anilines is 1. The van der Waals surface area contributed by atoms with Gasteiger partial charge in [-0.25, -0.2) is 0 Å². The van der Waals surface area contributed by atoms with Crippen LogP contribution in [-0.4, -0.2) is 18.1 Å². The van der Waals surface area contributed by atoms with Crippen molar-refractivity contribution in [1.82, 2.24) is 0 Å². The minimum atomic E-state index is -1.53. The zero-order valence-corrected chi connectivity index (χ0v) is 10.4. The van der Waals surface area contributed by atoms with E-state index in [9.17, 15) is 9.90 Å². The Balaban J connectivity index is 2.72. The van der Waals surface area contributed by atoms with Crippen molar-refractivity contribution in [2.45, 2.75) is 19.4 Å². The number of aliphatic hydroxyl groups is 1. The molecular formula is C14H17NO2. The SMILES string of the molecule is C=CC(C)(C)C1(O)C(=O)N(C)c2ccccc21. The first-order valence-corrected chi connectivity index (χ1v) is 5.60. The fraction of sp³-hybridized carbons (Fsp3) is 0.357. The lowest BCUT2D eigenvalue weighted by Gasteiger charge is -2.36. The van der Waals surface area contributed by atoms with Crippen LogP contribution in [0.2, 0.25) is 0 Å². The zero-order chi connectivity index (χ0) is 12.8. The molecule has 1 N–H and O–H groups in total. The molecule has 0 bridgehead atoms. The Morgan fingerprint density at radius 2 is 2.00 bits per heavy atom. The van der Waals surface area contributed by atoms with Crippen LogP contribution in [-0.2, 0) is 10.4 Å². The molecule has 0 saturated carbocycles. The van der Waals surface area contributed by atoms with Gasteiger partial charge in [-0.1, -0.05) is 38.1 Å². The van der Waals surface area contributed by atoms with Crippen LogP contribution in [0.4, 0.5) is 5.69 Å². The number of benzene rings is 1. The highest BCUT2D eigenvalue weighted by atomic mass is 16.3. The van der Waals surface area contributed by atoms with Crippen LogP contribution in [0, 0.1) is 5.41 Å². The van der Waals surface area contributed by atoms with Crippen molar-refractivity contribution in [2.24, 2.45) is 5.41 Å². The molecule has 0 fully saturated rings. The number of nitrogens with zero attached hydrogens (tertiary/aromatic N) is 1. The predicted molar refractivity (Wildman–Crippen MR) is 67.7 cm³/mol. The van der Waals surface area contributed by atoms with Crippen LogP contribution in [0.15, 0.2) is 36.9 Å². The Kier molecular flexibility index (Phi) is 2.40. The summed E-state index contributed by atoms with van der Waals surface area (Å²) in [5, 5.41) is 10.8. The summed E-state index contributed by atoms with van der Waals surface area (Å²) in [6.45, 7) is 7.35. The van der Waals surface area contributed by atoms with Gasteiger partial charge in [-0.2, -0.15) is 0 Å². The van der Waals surface area contributed by atoms with Crippen LogP contribution in [0.1, 0.15) is 19.4 Å². The molecule has 3 heteroatoms. The topological polar surface area (TPSA) is 40.5 Å². The lowest BCUT2D eigenvalue weighted by molar-refractivity contribution is -0.145. The van der Waals surface area contributed by atoms with Crippen molar-refractivity contribution in [1.29, 1.82) is 0 Å². The van der Waals surface area contributed by atoms with Crippen molar-refractivity contribution in [3.8, 4) is 0 Å². The van der Waals surface area contributed by atoms with Crippen LogP contribution in [0.25, 0.3) is 0 Å². The molecule has 1 unspecified atom stereocenters. The van der Waals surface area contributed by atoms with Crippen LogP contribution in [0.3, 0.4) is 0 Å². The zero-order valence-electron chi connectivity index (χ0n) is 10.4. The maximum atomic E-state index is 12.3. The van der Waals surface area contributed by atoms with E-state index < -0.39 is 11.0 Å². The van der Waals surface area contributed by atoms with Gasteiger partial charge >= 0.3 is 0 Å². The number of hydrogen-bond donors (Lipinski definition) is 1. The summed E-state index contributed by atoms with van der Waals surface area (Å²) in [6.07, 6.45) is 1.63. The summed E-state index contributed by atoms with van der Waals surface area (Å²) >= 11 is 0. The number of carbonyl (C=O) groups is 1. The number of fused-ring (bicyclic) bond motifs is 1. The molecule has 1 aliphatic rings. The molecule has 17 heavy (non-hydrogen) atoms. The summed E-state index contributed by atoms with van der Waals surface area (Å²) in [7, 11) is 1.68. The third-order valence-corrected chi connectivity index (χ3v) is 3.71. The van der Waals surface area contributed by atoms with Crippen molar-refractivity contribution >= 4 is 11.6 Å². The lowest BCUT2D eigenvalue weighted by atomic mass is 9.71. The molecule has 2 rings (SSSR count). The van der Waals surface area contributed by atoms with Crippen molar-refractivity contribution in [2.75, 3.05) is 11.9 Å². The Morgan fingerprint density at radius 3 is 2.59 bits per heavy atom. The molecule has 0 saturated heterocycles. The highest BCUT2D eigenvalue weighted by Crippen LogP contribution is 2.49. The molecule has 3 nitrogen and oxygen atoms in total. The maximum absolute atomic E-state index is 12.3. The smallest absolute Gasteiger partial charge is 0.264 e. The number of rotatable bonds is 2. The largest absolute Gasteiger partial charge is 0.375 e. The molecule has 1 amide bonds. The van der Waals surface area contributed by atoms with Gasteiger partial charge in [0.25, 0.3) is 5.91 Å². The molecule has 0 aromatic heterocycles. The fourth-order valence-corrected chi connectivity index (χ4v) is 2.31. The average molecular weight is 231 g/mol. The van der Waals surface area contributed by atoms with Crippen molar-refractivity contribution < 1.29 is 9.90 Å². The highest BCUT2D eigenvalue weighted by Gasteiger charge is 2.56. The second-order valence-electron chi connectivity index (χ2n) is 5.02. The molecular weight excluding hydrogens is 214 g/mol. The second-order valence-corrected chi connectivity index (χ2v) is 5.02. The molecule has 0 aliphatic carbocycles. The number of hydrogen-bond acceptors (Lipinski definition) is 2. The molecule has 90 valence electrons. The van der Waals surface area contributed by atoms with E-state index in [-0.39, 0.29) is 5.91 Å². The Bertz CT molecular complexity index is 493. The van der Waals surface area contributed by atoms with Gasteiger partial charge in [-0.3, -0.25) is 4.79 Å². The Morgan fingerprint density at radius 1 is 1.41 bits per heavy atom. The molecule has 1 heterocycles. The van der Waals surface area contributed by atoms with Crippen molar-refractivity contribution in [3.63, 3.8) is 0 Å². The summed E-state index contributed by atoms with van der Waals surface area (Å²) in [6, 6.07) is 7.32. The van der Waals surface area contributed by atoms with Crippen LogP contribution >= 0.6 is 0 Å². The Hall–Kier alpha value is -1.61. The van der Waals surface area contributed by atoms with Crippen molar-refractivity contribution in [3.05, 3.63) is 42.5 Å². The van der Waals surface area contributed by atoms with Gasteiger partial charge in [0.05, 0.1) is 5.69 Å². The van der Waals surface area contributed by atoms with Gasteiger partial charge in [0, 0.05) is 18.0 Å². The predicted octanol–water partition coefficient (Wildman–Crippen LogP) is 2.06. The molecule has 1 aromatic carbocycles. The minimum Gasteiger partial charge on any atom is -0.375 e. The van der Waals surface area contributed by atoms with E-state index in [0.717, 1.165) is 5.69 Å². The second kappa shape index (κ2) is 3.44. The quantitative estimate of drug-likeness (QED) is 0.791. The Labute approximate surface area is 101 Å². The number of carbonyl (C=O) groups excluding carboxylic acids is 1. The summed E-state index contributed by atoms with van der Waals surface area (Å²) < 4.78 is 0. The van der Waals surface area contributed by atoms with E-state index in [4.69, 9.17) is 0 Å². The molecule has 1 atom stereocenters. The van der Waals surface area contributed by atoms with Gasteiger partial charge in [-0.05, 0) is 6.07 Å². The number of likely N-dealkylation sites (N-methyl/N-ethyl adjacent to an activating group) is 1. The van der Waals surface area contributed by atoms with Gasteiger partial charge in [0.15, 0.2) is 5.60 Å². The summed E-state index contributed by atoms with van der Waals surface area (Å²) in [4.78, 5) is 13.8. The monoisotopic (exact) mass is 231 g/mol. The highest BCUT2D eigenvalue weighted by molar-refractivity contribution is 6.07. The standard InChI is InChI=1S/C14H17NO2/c1-5-13(2,3)14(17)10-8-6-7-9-11(10)15(4)12(14)16/h5-9,17H,1H2,2-4H3. The first-order chi connectivity index (χ1) is 7.86. The lowest BCUT2D eigenvalue weighted by Crippen LogP contribution is -2.48. The molecule has 0 spiro atoms. The van der Waals surface area contributed by atoms with E-state index >= 15 is 0 Å². The number of para-hydroxylation sites is 1. The van der Waals surface area contributed by atoms with Crippen LogP contribution < -0.4 is 4.90 Å². The normalized spacial score (nSPS) is 23.8. The third kappa shape index (κ3) is 1.29. The third-order valence-electron chi connectivity index (χ3n) is 3.71. The first kappa shape index (κ1) is 11.9.